The van der Waals surface area contributed by atoms with Gasteiger partial charge < -0.3 is 0 Å². The van der Waals surface area contributed by atoms with E-state index in [1.54, 1.807) is 13.0 Å². The minimum Gasteiger partial charge on any atom is -0.274 e. The van der Waals surface area contributed by atoms with Crippen molar-refractivity contribution >= 4 is 23.2 Å². The molecule has 6 nitrogen and oxygen atoms in total. The molecule has 0 unspecified atom stereocenters. The molecule has 3 aromatic carbocycles. The summed E-state index contributed by atoms with van der Waals surface area (Å²) < 4.78 is 0. The van der Waals surface area contributed by atoms with Gasteiger partial charge in [0.1, 0.15) is 0 Å². The van der Waals surface area contributed by atoms with Crippen LogP contribution in [-0.4, -0.2) is 16.7 Å². The van der Waals surface area contributed by atoms with Crippen LogP contribution in [0.4, 0.5) is 11.4 Å². The first kappa shape index (κ1) is 18.0. The number of hydrogen-bond acceptors (Lipinski definition) is 4. The van der Waals surface area contributed by atoms with Gasteiger partial charge in [-0.2, -0.15) is 0 Å². The lowest BCUT2D eigenvalue weighted by molar-refractivity contribution is -0.384. The van der Waals surface area contributed by atoms with Crippen molar-refractivity contribution in [2.75, 3.05) is 4.90 Å². The second-order valence-electron chi connectivity index (χ2n) is 8.50. The number of carbonyl (C=O) groups excluding carboxylic acids is 2. The lowest BCUT2D eigenvalue weighted by Crippen LogP contribution is -2.41. The number of hydrogen-bond donors (Lipinski definition) is 0. The minimum absolute atomic E-state index is 0.134. The van der Waals surface area contributed by atoms with Crippen LogP contribution in [-0.2, 0) is 9.59 Å². The first-order chi connectivity index (χ1) is 15.0. The lowest BCUT2D eigenvalue weighted by atomic mass is 9.55. The monoisotopic (exact) mass is 410 g/mol. The summed E-state index contributed by atoms with van der Waals surface area (Å²) in [5, 5.41) is 11.3. The van der Waals surface area contributed by atoms with Crippen LogP contribution in [0.5, 0.6) is 0 Å². The molecule has 6 heteroatoms. The van der Waals surface area contributed by atoms with Gasteiger partial charge >= 0.3 is 0 Å². The second kappa shape index (κ2) is 6.11. The minimum atomic E-state index is -0.504. The maximum Gasteiger partial charge on any atom is 0.271 e. The van der Waals surface area contributed by atoms with Crippen molar-refractivity contribution in [1.29, 1.82) is 0 Å². The molecule has 152 valence electrons. The first-order valence-corrected chi connectivity index (χ1v) is 10.3. The van der Waals surface area contributed by atoms with E-state index in [2.05, 4.69) is 24.3 Å². The van der Waals surface area contributed by atoms with Gasteiger partial charge in [0.15, 0.2) is 0 Å². The zero-order chi connectivity index (χ0) is 21.4. The summed E-state index contributed by atoms with van der Waals surface area (Å²) in [7, 11) is 0. The molecule has 1 saturated heterocycles. The average Bonchev–Trinajstić information content (AvgIpc) is 3.05. The molecule has 0 radical (unpaired) electrons. The van der Waals surface area contributed by atoms with E-state index in [9.17, 15) is 19.7 Å². The van der Waals surface area contributed by atoms with Gasteiger partial charge in [-0.15, -0.1) is 0 Å². The van der Waals surface area contributed by atoms with Gasteiger partial charge in [0.05, 0.1) is 22.4 Å². The molecule has 1 heterocycles. The van der Waals surface area contributed by atoms with Crippen molar-refractivity contribution < 1.29 is 14.5 Å². The zero-order valence-electron chi connectivity index (χ0n) is 16.7. The van der Waals surface area contributed by atoms with E-state index in [1.807, 2.05) is 24.3 Å². The van der Waals surface area contributed by atoms with Gasteiger partial charge in [-0.3, -0.25) is 19.7 Å². The van der Waals surface area contributed by atoms with Crippen molar-refractivity contribution in [3.63, 3.8) is 0 Å². The highest BCUT2D eigenvalue weighted by Crippen LogP contribution is 2.61. The van der Waals surface area contributed by atoms with Crippen LogP contribution >= 0.6 is 0 Å². The Kier molecular flexibility index (Phi) is 3.55. The van der Waals surface area contributed by atoms with E-state index in [0.29, 0.717) is 11.3 Å². The molecule has 3 aliphatic carbocycles. The van der Waals surface area contributed by atoms with E-state index >= 15 is 0 Å². The highest BCUT2D eigenvalue weighted by molar-refractivity contribution is 6.23. The highest BCUT2D eigenvalue weighted by Gasteiger charge is 2.61. The van der Waals surface area contributed by atoms with Gasteiger partial charge in [0.25, 0.3) is 5.69 Å². The standard InChI is InChI=1S/C25H18N2O4/c1-13-10-11-14(27(30)31)12-19(13)26-24(28)22-20-15-6-2-3-7-16(15)21(23(22)25(26)29)18-9-5-4-8-17(18)20/h2-12,20-23H,1H3/t20?,21?,22-,23-/m1/s1. The number of non-ortho nitro benzene ring substituents is 1. The van der Waals surface area contributed by atoms with Crippen molar-refractivity contribution in [3.05, 3.63) is 105 Å². The Morgan fingerprint density at radius 1 is 0.774 bits per heavy atom. The summed E-state index contributed by atoms with van der Waals surface area (Å²) in [5.41, 5.74) is 5.25. The van der Waals surface area contributed by atoms with Gasteiger partial charge in [-0.05, 0) is 34.7 Å². The molecular formula is C25H18N2O4. The van der Waals surface area contributed by atoms with Crippen LogP contribution in [0.15, 0.2) is 66.7 Å². The predicted molar refractivity (Wildman–Crippen MR) is 114 cm³/mol. The maximum atomic E-state index is 13.7. The summed E-state index contributed by atoms with van der Waals surface area (Å²) in [6.07, 6.45) is 0. The molecule has 2 atom stereocenters. The number of nitro groups is 1. The molecule has 0 N–H and O–H groups in total. The molecule has 1 aliphatic heterocycles. The topological polar surface area (TPSA) is 80.5 Å². The Hall–Kier alpha value is -3.80. The summed E-state index contributed by atoms with van der Waals surface area (Å²) in [4.78, 5) is 39.5. The molecule has 31 heavy (non-hydrogen) atoms. The third-order valence-electron chi connectivity index (χ3n) is 7.09. The van der Waals surface area contributed by atoms with Gasteiger partial charge in [-0.25, -0.2) is 4.90 Å². The Bertz CT molecular complexity index is 1200. The number of anilines is 1. The fourth-order valence-corrected chi connectivity index (χ4v) is 5.87. The first-order valence-electron chi connectivity index (χ1n) is 10.3. The molecule has 7 rings (SSSR count). The molecule has 4 aliphatic rings. The molecule has 0 saturated carbocycles. The number of benzene rings is 3. The van der Waals surface area contributed by atoms with E-state index in [0.717, 1.165) is 22.3 Å². The molecule has 0 aromatic heterocycles. The molecule has 3 aromatic rings. The van der Waals surface area contributed by atoms with E-state index in [1.165, 1.54) is 17.0 Å². The molecule has 2 amide bonds. The van der Waals surface area contributed by atoms with Crippen molar-refractivity contribution in [2.45, 2.75) is 18.8 Å². The number of amides is 2. The van der Waals surface area contributed by atoms with Gasteiger partial charge in [0, 0.05) is 24.0 Å². The number of aryl methyl sites for hydroxylation is 1. The fourth-order valence-electron chi connectivity index (χ4n) is 5.87. The Labute approximate surface area is 178 Å². The average molecular weight is 410 g/mol. The van der Waals surface area contributed by atoms with E-state index < -0.39 is 16.8 Å². The molecule has 2 bridgehead atoms. The van der Waals surface area contributed by atoms with Crippen LogP contribution in [0.1, 0.15) is 39.7 Å². The number of carbonyl (C=O) groups is 2. The largest absolute Gasteiger partial charge is 0.274 e. The Morgan fingerprint density at radius 3 is 1.65 bits per heavy atom. The van der Waals surface area contributed by atoms with Crippen LogP contribution in [0.3, 0.4) is 0 Å². The number of rotatable bonds is 2. The van der Waals surface area contributed by atoms with Crippen LogP contribution < -0.4 is 4.90 Å². The van der Waals surface area contributed by atoms with E-state index in [-0.39, 0.29) is 29.3 Å². The Balaban J connectivity index is 1.56. The van der Waals surface area contributed by atoms with Crippen molar-refractivity contribution in [2.24, 2.45) is 11.8 Å². The second-order valence-corrected chi connectivity index (χ2v) is 8.50. The SMILES string of the molecule is Cc1ccc([N+](=O)[O-])cc1N1C(=O)[C@@H]2C3c4ccccc4C(c4ccccc43)[C@H]2C1=O. The fraction of sp³-hybridized carbons (Fsp3) is 0.200. The smallest absolute Gasteiger partial charge is 0.271 e. The van der Waals surface area contributed by atoms with Gasteiger partial charge in [-0.1, -0.05) is 54.6 Å². The Morgan fingerprint density at radius 2 is 1.23 bits per heavy atom. The van der Waals surface area contributed by atoms with Gasteiger partial charge in [0.2, 0.25) is 11.8 Å². The maximum absolute atomic E-state index is 13.7. The highest BCUT2D eigenvalue weighted by atomic mass is 16.6. The summed E-state index contributed by atoms with van der Waals surface area (Å²) in [6.45, 7) is 1.76. The molecular weight excluding hydrogens is 392 g/mol. The van der Waals surface area contributed by atoms with Crippen LogP contribution in [0, 0.1) is 28.9 Å². The summed E-state index contributed by atoms with van der Waals surface area (Å²) >= 11 is 0. The van der Waals surface area contributed by atoms with E-state index in [4.69, 9.17) is 0 Å². The zero-order valence-corrected chi connectivity index (χ0v) is 16.7. The summed E-state index contributed by atoms with van der Waals surface area (Å²) in [6, 6.07) is 20.4. The quantitative estimate of drug-likeness (QED) is 0.358. The lowest BCUT2D eigenvalue weighted by Gasteiger charge is -2.45. The van der Waals surface area contributed by atoms with Crippen molar-refractivity contribution in [3.8, 4) is 0 Å². The number of nitrogens with zero attached hydrogens (tertiary/aromatic N) is 2. The molecule has 0 spiro atoms. The van der Waals surface area contributed by atoms with Crippen molar-refractivity contribution in [1.82, 2.24) is 0 Å². The van der Waals surface area contributed by atoms with Crippen LogP contribution in [0.2, 0.25) is 0 Å². The summed E-state index contributed by atoms with van der Waals surface area (Å²) in [5.74, 6) is -1.91. The third kappa shape index (κ3) is 2.22. The predicted octanol–water partition coefficient (Wildman–Crippen LogP) is 4.30. The normalized spacial score (nSPS) is 25.3. The number of imide groups is 1. The van der Waals surface area contributed by atoms with Crippen LogP contribution in [0.25, 0.3) is 0 Å². The molecule has 1 fully saturated rings. The number of nitro benzene ring substituents is 1. The third-order valence-corrected chi connectivity index (χ3v) is 7.09.